The van der Waals surface area contributed by atoms with Gasteiger partial charge in [-0.05, 0) is 35.8 Å². The maximum atomic E-state index is 12.3. The zero-order chi connectivity index (χ0) is 17.7. The number of para-hydroxylation sites is 1. The molecule has 24 heavy (non-hydrogen) atoms. The molecule has 1 aromatic carbocycles. The van der Waals surface area contributed by atoms with Crippen LogP contribution in [-0.4, -0.2) is 31.2 Å². The molecular formula is C19H27NO4. The summed E-state index contributed by atoms with van der Waals surface area (Å²) in [5.41, 5.74) is 3.00. The molecular weight excluding hydrogens is 306 g/mol. The van der Waals surface area contributed by atoms with Crippen molar-refractivity contribution in [2.75, 3.05) is 18.5 Å². The fourth-order valence-corrected chi connectivity index (χ4v) is 2.86. The fraction of sp³-hybridized carbons (Fsp3) is 0.579. The quantitative estimate of drug-likeness (QED) is 0.808. The Morgan fingerprint density at radius 3 is 2.33 bits per heavy atom. The normalized spacial score (nSPS) is 17.3. The largest absolute Gasteiger partial charge is 0.454 e. The highest BCUT2D eigenvalue weighted by molar-refractivity contribution is 5.94. The molecule has 0 aromatic heterocycles. The first-order valence-electron chi connectivity index (χ1n) is 8.61. The van der Waals surface area contributed by atoms with Gasteiger partial charge in [-0.2, -0.15) is 0 Å². The summed E-state index contributed by atoms with van der Waals surface area (Å²) in [6.07, 6.45) is 0.992. The Kier molecular flexibility index (Phi) is 6.37. The lowest BCUT2D eigenvalue weighted by molar-refractivity contribution is -0.156. The first-order chi connectivity index (χ1) is 11.4. The standard InChI is InChI=1S/C19H27NO4/c1-12(2)14-7-5-8-15(13(3)4)18(14)20-17(21)11-24-19(22)16-9-6-10-23-16/h5,7-8,12-13,16H,6,9-11H2,1-4H3,(H,20,21)/t16-/m0/s1. The highest BCUT2D eigenvalue weighted by Crippen LogP contribution is 2.32. The highest BCUT2D eigenvalue weighted by atomic mass is 16.6. The van der Waals surface area contributed by atoms with Crippen molar-refractivity contribution in [2.24, 2.45) is 0 Å². The van der Waals surface area contributed by atoms with Crippen LogP contribution in [0.4, 0.5) is 5.69 Å². The number of carbonyl (C=O) groups is 2. The summed E-state index contributed by atoms with van der Waals surface area (Å²) in [6, 6.07) is 6.05. The Hall–Kier alpha value is -1.88. The van der Waals surface area contributed by atoms with Crippen LogP contribution >= 0.6 is 0 Å². The summed E-state index contributed by atoms with van der Waals surface area (Å²) in [5.74, 6) is -0.206. The maximum absolute atomic E-state index is 12.3. The number of carbonyl (C=O) groups excluding carboxylic acids is 2. The van der Waals surface area contributed by atoms with E-state index in [9.17, 15) is 9.59 Å². The lowest BCUT2D eigenvalue weighted by Crippen LogP contribution is -2.28. The van der Waals surface area contributed by atoms with Crippen LogP contribution in [0.1, 0.15) is 63.5 Å². The lowest BCUT2D eigenvalue weighted by atomic mass is 9.92. The van der Waals surface area contributed by atoms with Crippen molar-refractivity contribution in [1.82, 2.24) is 0 Å². The SMILES string of the molecule is CC(C)c1cccc(C(C)C)c1NC(=O)COC(=O)[C@@H]1CCCO1. The molecule has 1 N–H and O–H groups in total. The molecule has 1 atom stereocenters. The van der Waals surface area contributed by atoms with Gasteiger partial charge in [-0.1, -0.05) is 45.9 Å². The molecule has 1 aromatic rings. The second-order valence-corrected chi connectivity index (χ2v) is 6.78. The number of benzene rings is 1. The summed E-state index contributed by atoms with van der Waals surface area (Å²) < 4.78 is 10.3. The third-order valence-electron chi connectivity index (χ3n) is 4.18. The number of amides is 1. The molecule has 0 unspecified atom stereocenters. The molecule has 1 saturated heterocycles. The van der Waals surface area contributed by atoms with Crippen LogP contribution in [0.25, 0.3) is 0 Å². The van der Waals surface area contributed by atoms with Gasteiger partial charge in [-0.3, -0.25) is 4.79 Å². The molecule has 0 saturated carbocycles. The molecule has 1 aliphatic rings. The summed E-state index contributed by atoms with van der Waals surface area (Å²) in [7, 11) is 0. The summed E-state index contributed by atoms with van der Waals surface area (Å²) in [6.45, 7) is 8.65. The number of hydrogen-bond acceptors (Lipinski definition) is 4. The van der Waals surface area contributed by atoms with Crippen LogP contribution in [0.2, 0.25) is 0 Å². The van der Waals surface area contributed by atoms with Crippen molar-refractivity contribution in [3.8, 4) is 0 Å². The maximum Gasteiger partial charge on any atom is 0.335 e. The van der Waals surface area contributed by atoms with E-state index in [0.717, 1.165) is 23.2 Å². The minimum absolute atomic E-state index is 0.286. The third-order valence-corrected chi connectivity index (χ3v) is 4.18. The van der Waals surface area contributed by atoms with Gasteiger partial charge in [0, 0.05) is 12.3 Å². The van der Waals surface area contributed by atoms with Crippen LogP contribution in [-0.2, 0) is 19.1 Å². The van der Waals surface area contributed by atoms with Crippen LogP contribution in [0, 0.1) is 0 Å². The van der Waals surface area contributed by atoms with Gasteiger partial charge in [-0.15, -0.1) is 0 Å². The van der Waals surface area contributed by atoms with Gasteiger partial charge < -0.3 is 14.8 Å². The number of hydrogen-bond donors (Lipinski definition) is 1. The minimum Gasteiger partial charge on any atom is -0.454 e. The van der Waals surface area contributed by atoms with Crippen molar-refractivity contribution >= 4 is 17.6 Å². The van der Waals surface area contributed by atoms with Crippen LogP contribution < -0.4 is 5.32 Å². The first-order valence-corrected chi connectivity index (χ1v) is 8.61. The molecule has 0 aliphatic carbocycles. The van der Waals surface area contributed by atoms with Crippen molar-refractivity contribution in [3.05, 3.63) is 29.3 Å². The van der Waals surface area contributed by atoms with E-state index in [4.69, 9.17) is 9.47 Å². The third kappa shape index (κ3) is 4.57. The average Bonchev–Trinajstić information content (AvgIpc) is 3.06. The van der Waals surface area contributed by atoms with Crippen molar-refractivity contribution in [3.63, 3.8) is 0 Å². The lowest BCUT2D eigenvalue weighted by Gasteiger charge is -2.20. The minimum atomic E-state index is -0.521. The fourth-order valence-electron chi connectivity index (χ4n) is 2.86. The second-order valence-electron chi connectivity index (χ2n) is 6.78. The molecule has 1 fully saturated rings. The van der Waals surface area contributed by atoms with Gasteiger partial charge in [0.05, 0.1) is 0 Å². The first kappa shape index (κ1) is 18.5. The molecule has 5 heteroatoms. The average molecular weight is 333 g/mol. The van der Waals surface area contributed by atoms with E-state index >= 15 is 0 Å². The van der Waals surface area contributed by atoms with Gasteiger partial charge in [0.1, 0.15) is 0 Å². The van der Waals surface area contributed by atoms with Crippen molar-refractivity contribution in [1.29, 1.82) is 0 Å². The summed E-state index contributed by atoms with van der Waals surface area (Å²) in [4.78, 5) is 24.1. The Morgan fingerprint density at radius 1 is 1.21 bits per heavy atom. The number of esters is 1. The van der Waals surface area contributed by atoms with E-state index in [-0.39, 0.29) is 24.3 Å². The Morgan fingerprint density at radius 2 is 1.83 bits per heavy atom. The zero-order valence-corrected chi connectivity index (χ0v) is 14.9. The second kappa shape index (κ2) is 8.29. The Labute approximate surface area is 143 Å². The van der Waals surface area contributed by atoms with Crippen LogP contribution in [0.3, 0.4) is 0 Å². The van der Waals surface area contributed by atoms with Crippen LogP contribution in [0.15, 0.2) is 18.2 Å². The molecule has 5 nitrogen and oxygen atoms in total. The van der Waals surface area contributed by atoms with E-state index in [2.05, 4.69) is 33.0 Å². The molecule has 0 spiro atoms. The molecule has 1 aliphatic heterocycles. The topological polar surface area (TPSA) is 64.6 Å². The smallest absolute Gasteiger partial charge is 0.335 e. The molecule has 1 amide bonds. The van der Waals surface area contributed by atoms with Crippen LogP contribution in [0.5, 0.6) is 0 Å². The van der Waals surface area contributed by atoms with Gasteiger partial charge in [0.25, 0.3) is 5.91 Å². The van der Waals surface area contributed by atoms with Gasteiger partial charge >= 0.3 is 5.97 Å². The highest BCUT2D eigenvalue weighted by Gasteiger charge is 2.26. The Balaban J connectivity index is 2.03. The van der Waals surface area contributed by atoms with E-state index < -0.39 is 12.1 Å². The summed E-state index contributed by atoms with van der Waals surface area (Å²) in [5, 5.41) is 2.93. The van der Waals surface area contributed by atoms with Crippen molar-refractivity contribution in [2.45, 2.75) is 58.5 Å². The molecule has 2 rings (SSSR count). The predicted molar refractivity (Wildman–Crippen MR) is 93.2 cm³/mol. The number of ether oxygens (including phenoxy) is 2. The molecule has 0 radical (unpaired) electrons. The predicted octanol–water partition coefficient (Wildman–Crippen LogP) is 3.59. The van der Waals surface area contributed by atoms with Gasteiger partial charge in [0.15, 0.2) is 12.7 Å². The van der Waals surface area contributed by atoms with E-state index in [1.807, 2.05) is 18.2 Å². The van der Waals surface area contributed by atoms with E-state index in [1.54, 1.807) is 0 Å². The number of anilines is 1. The van der Waals surface area contributed by atoms with E-state index in [1.165, 1.54) is 0 Å². The number of nitrogens with one attached hydrogen (secondary N) is 1. The van der Waals surface area contributed by atoms with Gasteiger partial charge in [-0.25, -0.2) is 4.79 Å². The zero-order valence-electron chi connectivity index (χ0n) is 14.9. The number of rotatable bonds is 6. The van der Waals surface area contributed by atoms with Crippen molar-refractivity contribution < 1.29 is 19.1 Å². The van der Waals surface area contributed by atoms with Gasteiger partial charge in [0.2, 0.25) is 0 Å². The molecule has 1 heterocycles. The molecule has 132 valence electrons. The summed E-state index contributed by atoms with van der Waals surface area (Å²) >= 11 is 0. The Bertz CT molecular complexity index is 563. The van der Waals surface area contributed by atoms with E-state index in [0.29, 0.717) is 13.0 Å². The molecule has 0 bridgehead atoms. The monoisotopic (exact) mass is 333 g/mol.